The second-order valence-corrected chi connectivity index (χ2v) is 6.83. The minimum absolute atomic E-state index is 0.400. The van der Waals surface area contributed by atoms with Crippen molar-refractivity contribution in [2.75, 3.05) is 0 Å². The van der Waals surface area contributed by atoms with E-state index in [9.17, 15) is 19.2 Å². The summed E-state index contributed by atoms with van der Waals surface area (Å²) in [7, 11) is 0. The van der Waals surface area contributed by atoms with Gasteiger partial charge in [-0.1, -0.05) is 18.2 Å². The Bertz CT molecular complexity index is 667. The smallest absolute Gasteiger partial charge is 0.329 e. The predicted molar refractivity (Wildman–Crippen MR) is 95.4 cm³/mol. The number of amides is 4. The maximum Gasteiger partial charge on any atom is 0.329 e. The van der Waals surface area contributed by atoms with Gasteiger partial charge in [0.15, 0.2) is 6.10 Å². The molecule has 1 aromatic rings. The molecule has 142 valence electrons. The topological polar surface area (TPSA) is 114 Å². The number of rotatable bonds is 5. The van der Waals surface area contributed by atoms with Gasteiger partial charge in [-0.05, 0) is 46.8 Å². The van der Waals surface area contributed by atoms with E-state index >= 15 is 0 Å². The van der Waals surface area contributed by atoms with E-state index in [4.69, 9.17) is 4.74 Å². The standard InChI is InChI=1S/C18H25N3O5/c1-11(19-15(23)13-9-7-6-8-10-13)16(24)26-12(2)14(22)20-17(25)21-18(3,4)5/h6-12H,1-5H3,(H,19,23)(H2,20,21,22,25)/t11-,12+/m0/s1. The summed E-state index contributed by atoms with van der Waals surface area (Å²) in [4.78, 5) is 47.6. The highest BCUT2D eigenvalue weighted by molar-refractivity contribution is 5.98. The highest BCUT2D eigenvalue weighted by atomic mass is 16.5. The van der Waals surface area contributed by atoms with Gasteiger partial charge in [0.25, 0.3) is 11.8 Å². The van der Waals surface area contributed by atoms with Crippen molar-refractivity contribution in [2.45, 2.75) is 52.3 Å². The molecule has 2 atom stereocenters. The van der Waals surface area contributed by atoms with Crippen molar-refractivity contribution in [3.8, 4) is 0 Å². The van der Waals surface area contributed by atoms with Crippen LogP contribution >= 0.6 is 0 Å². The van der Waals surface area contributed by atoms with E-state index in [-0.39, 0.29) is 0 Å². The van der Waals surface area contributed by atoms with Gasteiger partial charge in [0.1, 0.15) is 6.04 Å². The van der Waals surface area contributed by atoms with Crippen molar-refractivity contribution >= 4 is 23.8 Å². The summed E-state index contributed by atoms with van der Waals surface area (Å²) in [5, 5.41) is 7.14. The van der Waals surface area contributed by atoms with E-state index in [0.29, 0.717) is 5.56 Å². The molecule has 1 rings (SSSR count). The molecule has 0 aliphatic heterocycles. The monoisotopic (exact) mass is 363 g/mol. The molecule has 4 amide bonds. The molecule has 0 radical (unpaired) electrons. The first-order valence-electron chi connectivity index (χ1n) is 8.19. The number of carbonyl (C=O) groups excluding carboxylic acids is 4. The fourth-order valence-electron chi connectivity index (χ4n) is 1.84. The van der Waals surface area contributed by atoms with Crippen LogP contribution in [0.25, 0.3) is 0 Å². The van der Waals surface area contributed by atoms with Gasteiger partial charge in [0.05, 0.1) is 0 Å². The number of benzene rings is 1. The molecule has 0 fully saturated rings. The number of imide groups is 1. The third-order valence-electron chi connectivity index (χ3n) is 3.12. The number of carbonyl (C=O) groups is 4. The zero-order valence-electron chi connectivity index (χ0n) is 15.6. The second kappa shape index (κ2) is 8.98. The summed E-state index contributed by atoms with van der Waals surface area (Å²) in [6.45, 7) is 8.07. The van der Waals surface area contributed by atoms with Gasteiger partial charge in [-0.15, -0.1) is 0 Å². The molecule has 8 heteroatoms. The average Bonchev–Trinajstić information content (AvgIpc) is 2.53. The zero-order chi connectivity index (χ0) is 19.9. The maximum atomic E-state index is 12.0. The van der Waals surface area contributed by atoms with Crippen LogP contribution in [0.15, 0.2) is 30.3 Å². The zero-order valence-corrected chi connectivity index (χ0v) is 15.6. The number of hydrogen-bond donors (Lipinski definition) is 3. The molecule has 8 nitrogen and oxygen atoms in total. The minimum Gasteiger partial charge on any atom is -0.451 e. The quantitative estimate of drug-likeness (QED) is 0.684. The molecule has 0 saturated heterocycles. The van der Waals surface area contributed by atoms with Gasteiger partial charge in [0, 0.05) is 11.1 Å². The van der Waals surface area contributed by atoms with E-state index in [2.05, 4.69) is 16.0 Å². The minimum atomic E-state index is -1.19. The van der Waals surface area contributed by atoms with Crippen LogP contribution in [0.4, 0.5) is 4.79 Å². The summed E-state index contributed by atoms with van der Waals surface area (Å²) in [5.74, 6) is -1.98. The summed E-state index contributed by atoms with van der Waals surface area (Å²) in [6.07, 6.45) is -1.19. The average molecular weight is 363 g/mol. The Morgan fingerprint density at radius 2 is 1.58 bits per heavy atom. The number of hydrogen-bond acceptors (Lipinski definition) is 5. The summed E-state index contributed by atoms with van der Waals surface area (Å²) < 4.78 is 5.00. The summed E-state index contributed by atoms with van der Waals surface area (Å²) in [5.41, 5.74) is -0.114. The van der Waals surface area contributed by atoms with E-state index in [0.717, 1.165) is 0 Å². The largest absolute Gasteiger partial charge is 0.451 e. The van der Waals surface area contributed by atoms with Crippen LogP contribution in [0.2, 0.25) is 0 Å². The van der Waals surface area contributed by atoms with Crippen LogP contribution in [0, 0.1) is 0 Å². The SMILES string of the molecule is C[C@H](NC(=O)c1ccccc1)C(=O)O[C@H](C)C(=O)NC(=O)NC(C)(C)C. The Morgan fingerprint density at radius 3 is 2.12 bits per heavy atom. The Labute approximate surface area is 152 Å². The molecule has 0 aromatic heterocycles. The molecule has 0 spiro atoms. The Hall–Kier alpha value is -2.90. The van der Waals surface area contributed by atoms with E-state index in [1.165, 1.54) is 13.8 Å². The van der Waals surface area contributed by atoms with E-state index < -0.39 is 41.5 Å². The van der Waals surface area contributed by atoms with Gasteiger partial charge in [0.2, 0.25) is 0 Å². The van der Waals surface area contributed by atoms with Gasteiger partial charge in [-0.2, -0.15) is 0 Å². The van der Waals surface area contributed by atoms with Crippen LogP contribution in [-0.4, -0.2) is 41.5 Å². The molecule has 1 aromatic carbocycles. The predicted octanol–water partition coefficient (Wildman–Crippen LogP) is 1.36. The van der Waals surface area contributed by atoms with Gasteiger partial charge < -0.3 is 15.4 Å². The first kappa shape index (κ1) is 21.1. The van der Waals surface area contributed by atoms with Crippen LogP contribution in [0.3, 0.4) is 0 Å². The van der Waals surface area contributed by atoms with Crippen LogP contribution < -0.4 is 16.0 Å². The lowest BCUT2D eigenvalue weighted by molar-refractivity contribution is -0.155. The highest BCUT2D eigenvalue weighted by Crippen LogP contribution is 2.02. The van der Waals surface area contributed by atoms with Gasteiger partial charge in [-0.25, -0.2) is 9.59 Å². The number of esters is 1. The molecular weight excluding hydrogens is 338 g/mol. The third-order valence-corrected chi connectivity index (χ3v) is 3.12. The van der Waals surface area contributed by atoms with E-state index in [1.807, 2.05) is 0 Å². The van der Waals surface area contributed by atoms with Crippen LogP contribution in [-0.2, 0) is 14.3 Å². The third kappa shape index (κ3) is 7.33. The highest BCUT2D eigenvalue weighted by Gasteiger charge is 2.25. The molecule has 0 aliphatic rings. The molecule has 0 aliphatic carbocycles. The molecule has 0 saturated carbocycles. The number of nitrogens with one attached hydrogen (secondary N) is 3. The van der Waals surface area contributed by atoms with Crippen LogP contribution in [0.1, 0.15) is 45.0 Å². The molecule has 0 heterocycles. The first-order valence-corrected chi connectivity index (χ1v) is 8.19. The lowest BCUT2D eigenvalue weighted by Gasteiger charge is -2.21. The normalized spacial score (nSPS) is 13.1. The fourth-order valence-corrected chi connectivity index (χ4v) is 1.84. The van der Waals surface area contributed by atoms with Crippen molar-refractivity contribution in [1.29, 1.82) is 0 Å². The fraction of sp³-hybridized carbons (Fsp3) is 0.444. The molecule has 0 unspecified atom stereocenters. The lowest BCUT2D eigenvalue weighted by atomic mass is 10.1. The Kier molecular flexibility index (Phi) is 7.30. The molecule has 0 bridgehead atoms. The summed E-state index contributed by atoms with van der Waals surface area (Å²) >= 11 is 0. The van der Waals surface area contributed by atoms with Crippen molar-refractivity contribution < 1.29 is 23.9 Å². The number of ether oxygens (including phenoxy) is 1. The van der Waals surface area contributed by atoms with Crippen molar-refractivity contribution in [3.05, 3.63) is 35.9 Å². The molecule has 3 N–H and O–H groups in total. The Morgan fingerprint density at radius 1 is 1.00 bits per heavy atom. The first-order chi connectivity index (χ1) is 12.0. The second-order valence-electron chi connectivity index (χ2n) is 6.83. The van der Waals surface area contributed by atoms with Crippen molar-refractivity contribution in [3.63, 3.8) is 0 Å². The van der Waals surface area contributed by atoms with Crippen molar-refractivity contribution in [2.24, 2.45) is 0 Å². The van der Waals surface area contributed by atoms with Crippen molar-refractivity contribution in [1.82, 2.24) is 16.0 Å². The lowest BCUT2D eigenvalue weighted by Crippen LogP contribution is -2.51. The molecular formula is C18H25N3O5. The molecule has 26 heavy (non-hydrogen) atoms. The Balaban J connectivity index is 2.51. The maximum absolute atomic E-state index is 12.0. The van der Waals surface area contributed by atoms with Gasteiger partial charge in [-0.3, -0.25) is 14.9 Å². The summed E-state index contributed by atoms with van der Waals surface area (Å²) in [6, 6.07) is 6.75. The number of urea groups is 1. The van der Waals surface area contributed by atoms with Gasteiger partial charge >= 0.3 is 12.0 Å². The van der Waals surface area contributed by atoms with E-state index in [1.54, 1.807) is 51.1 Å². The van der Waals surface area contributed by atoms with Crippen LogP contribution in [0.5, 0.6) is 0 Å².